The SMILES string of the molecule is CC(C)c1cccc2cn(C)cc12. The molecule has 0 spiro atoms. The second-order valence-corrected chi connectivity index (χ2v) is 3.93. The molecule has 0 amide bonds. The van der Waals surface area contributed by atoms with E-state index in [-0.39, 0.29) is 0 Å². The van der Waals surface area contributed by atoms with Gasteiger partial charge < -0.3 is 4.57 Å². The quantitative estimate of drug-likeness (QED) is 0.623. The summed E-state index contributed by atoms with van der Waals surface area (Å²) in [5.74, 6) is 0.603. The topological polar surface area (TPSA) is 4.93 Å². The standard InChI is InChI=1S/C12H15N/c1-9(2)11-6-4-5-10-7-13(3)8-12(10)11/h4-9H,1-3H3. The lowest BCUT2D eigenvalue weighted by Gasteiger charge is -2.05. The maximum atomic E-state index is 2.24. The summed E-state index contributed by atoms with van der Waals surface area (Å²) in [6.45, 7) is 4.48. The van der Waals surface area contributed by atoms with Crippen molar-refractivity contribution >= 4 is 10.8 Å². The Morgan fingerprint density at radius 2 is 1.92 bits per heavy atom. The summed E-state index contributed by atoms with van der Waals surface area (Å²) >= 11 is 0. The summed E-state index contributed by atoms with van der Waals surface area (Å²) in [5.41, 5.74) is 1.44. The molecular formula is C12H15N. The summed E-state index contributed by atoms with van der Waals surface area (Å²) < 4.78 is 2.12. The van der Waals surface area contributed by atoms with Crippen LogP contribution in [0.25, 0.3) is 10.8 Å². The van der Waals surface area contributed by atoms with E-state index in [9.17, 15) is 0 Å². The Labute approximate surface area is 79.0 Å². The average Bonchev–Trinajstić information content (AvgIpc) is 2.43. The van der Waals surface area contributed by atoms with Gasteiger partial charge in [-0.25, -0.2) is 0 Å². The number of hydrogen-bond acceptors (Lipinski definition) is 0. The van der Waals surface area contributed by atoms with Gasteiger partial charge in [-0.15, -0.1) is 0 Å². The predicted octanol–water partition coefficient (Wildman–Crippen LogP) is 3.30. The predicted molar refractivity (Wildman–Crippen MR) is 57.0 cm³/mol. The van der Waals surface area contributed by atoms with E-state index in [0.29, 0.717) is 5.92 Å². The number of aromatic nitrogens is 1. The van der Waals surface area contributed by atoms with Crippen LogP contribution in [0.4, 0.5) is 0 Å². The molecule has 2 aromatic rings. The van der Waals surface area contributed by atoms with Crippen LogP contribution >= 0.6 is 0 Å². The van der Waals surface area contributed by atoms with Crippen molar-refractivity contribution in [2.75, 3.05) is 0 Å². The van der Waals surface area contributed by atoms with Crippen molar-refractivity contribution in [2.24, 2.45) is 7.05 Å². The van der Waals surface area contributed by atoms with Crippen molar-refractivity contribution in [3.05, 3.63) is 36.2 Å². The molecular weight excluding hydrogens is 158 g/mol. The molecule has 0 saturated heterocycles. The smallest absolute Gasteiger partial charge is 0.0113 e. The van der Waals surface area contributed by atoms with Crippen LogP contribution in [-0.2, 0) is 7.05 Å². The van der Waals surface area contributed by atoms with Crippen molar-refractivity contribution in [3.63, 3.8) is 0 Å². The molecule has 0 aliphatic heterocycles. The molecule has 0 atom stereocenters. The van der Waals surface area contributed by atoms with Crippen LogP contribution in [0, 0.1) is 0 Å². The number of fused-ring (bicyclic) bond motifs is 1. The minimum Gasteiger partial charge on any atom is -0.356 e. The average molecular weight is 173 g/mol. The summed E-state index contributed by atoms with van der Waals surface area (Å²) in [4.78, 5) is 0. The summed E-state index contributed by atoms with van der Waals surface area (Å²) in [5, 5.41) is 2.73. The first-order valence-corrected chi connectivity index (χ1v) is 4.73. The molecule has 0 saturated carbocycles. The van der Waals surface area contributed by atoms with Gasteiger partial charge in [0.1, 0.15) is 0 Å². The Morgan fingerprint density at radius 1 is 1.15 bits per heavy atom. The number of hydrogen-bond donors (Lipinski definition) is 0. The third-order valence-electron chi connectivity index (χ3n) is 2.47. The zero-order valence-electron chi connectivity index (χ0n) is 8.41. The summed E-state index contributed by atoms with van der Waals surface area (Å²) in [6.07, 6.45) is 4.37. The normalized spacial score (nSPS) is 11.4. The van der Waals surface area contributed by atoms with Gasteiger partial charge in [0.15, 0.2) is 0 Å². The van der Waals surface area contributed by atoms with Gasteiger partial charge >= 0.3 is 0 Å². The molecule has 0 N–H and O–H groups in total. The van der Waals surface area contributed by atoms with Gasteiger partial charge in [-0.1, -0.05) is 32.0 Å². The van der Waals surface area contributed by atoms with Gasteiger partial charge in [-0.05, 0) is 16.9 Å². The lowest BCUT2D eigenvalue weighted by molar-refractivity contribution is 0.874. The fourth-order valence-corrected chi connectivity index (χ4v) is 1.83. The van der Waals surface area contributed by atoms with E-state index in [1.165, 1.54) is 16.3 Å². The summed E-state index contributed by atoms with van der Waals surface area (Å²) in [7, 11) is 2.07. The van der Waals surface area contributed by atoms with E-state index >= 15 is 0 Å². The monoisotopic (exact) mass is 173 g/mol. The molecule has 13 heavy (non-hydrogen) atoms. The molecule has 0 unspecified atom stereocenters. The largest absolute Gasteiger partial charge is 0.356 e. The highest BCUT2D eigenvalue weighted by molar-refractivity contribution is 5.85. The van der Waals surface area contributed by atoms with Crippen LogP contribution in [0.5, 0.6) is 0 Å². The van der Waals surface area contributed by atoms with Crippen molar-refractivity contribution in [1.82, 2.24) is 4.57 Å². The fourth-order valence-electron chi connectivity index (χ4n) is 1.83. The molecule has 2 rings (SSSR count). The van der Waals surface area contributed by atoms with E-state index in [2.05, 4.69) is 56.1 Å². The Hall–Kier alpha value is -1.24. The first-order chi connectivity index (χ1) is 6.18. The van der Waals surface area contributed by atoms with E-state index in [0.717, 1.165) is 0 Å². The van der Waals surface area contributed by atoms with Crippen molar-refractivity contribution in [3.8, 4) is 0 Å². The second-order valence-electron chi connectivity index (χ2n) is 3.93. The Balaban J connectivity index is 2.75. The zero-order valence-corrected chi connectivity index (χ0v) is 8.41. The van der Waals surface area contributed by atoms with Crippen LogP contribution < -0.4 is 0 Å². The minimum atomic E-state index is 0.603. The lowest BCUT2D eigenvalue weighted by Crippen LogP contribution is -1.86. The molecule has 1 heterocycles. The van der Waals surface area contributed by atoms with E-state index in [1.807, 2.05) is 0 Å². The van der Waals surface area contributed by atoms with Gasteiger partial charge in [-0.3, -0.25) is 0 Å². The highest BCUT2D eigenvalue weighted by atomic mass is 14.9. The molecule has 1 aromatic heterocycles. The maximum absolute atomic E-state index is 2.24. The Kier molecular flexibility index (Phi) is 1.87. The van der Waals surface area contributed by atoms with Crippen molar-refractivity contribution in [2.45, 2.75) is 19.8 Å². The van der Waals surface area contributed by atoms with Crippen LogP contribution in [0.3, 0.4) is 0 Å². The third kappa shape index (κ3) is 1.35. The maximum Gasteiger partial charge on any atom is 0.0113 e. The van der Waals surface area contributed by atoms with Crippen LogP contribution in [0.1, 0.15) is 25.3 Å². The van der Waals surface area contributed by atoms with Crippen molar-refractivity contribution < 1.29 is 0 Å². The van der Waals surface area contributed by atoms with Gasteiger partial charge in [0.2, 0.25) is 0 Å². The van der Waals surface area contributed by atoms with Crippen LogP contribution in [0.2, 0.25) is 0 Å². The first-order valence-electron chi connectivity index (χ1n) is 4.73. The van der Waals surface area contributed by atoms with Crippen LogP contribution in [0.15, 0.2) is 30.6 Å². The molecule has 68 valence electrons. The molecule has 1 nitrogen and oxygen atoms in total. The first kappa shape index (κ1) is 8.36. The number of benzene rings is 1. The Bertz CT molecular complexity index is 424. The second kappa shape index (κ2) is 2.91. The van der Waals surface area contributed by atoms with E-state index < -0.39 is 0 Å². The number of aryl methyl sites for hydroxylation is 1. The highest BCUT2D eigenvalue weighted by Crippen LogP contribution is 2.25. The molecule has 0 fully saturated rings. The van der Waals surface area contributed by atoms with Gasteiger partial charge in [0.25, 0.3) is 0 Å². The molecule has 1 aromatic carbocycles. The molecule has 0 radical (unpaired) electrons. The van der Waals surface area contributed by atoms with Crippen LogP contribution in [-0.4, -0.2) is 4.57 Å². The highest BCUT2D eigenvalue weighted by Gasteiger charge is 2.05. The van der Waals surface area contributed by atoms with Gasteiger partial charge in [0, 0.05) is 24.8 Å². The molecule has 0 aliphatic carbocycles. The van der Waals surface area contributed by atoms with Gasteiger partial charge in [0.05, 0.1) is 0 Å². The molecule has 0 bridgehead atoms. The third-order valence-corrected chi connectivity index (χ3v) is 2.47. The zero-order chi connectivity index (χ0) is 9.42. The van der Waals surface area contributed by atoms with Crippen molar-refractivity contribution in [1.29, 1.82) is 0 Å². The number of rotatable bonds is 1. The lowest BCUT2D eigenvalue weighted by atomic mass is 9.99. The summed E-state index contributed by atoms with van der Waals surface area (Å²) in [6, 6.07) is 6.52. The number of nitrogens with zero attached hydrogens (tertiary/aromatic N) is 1. The minimum absolute atomic E-state index is 0.603. The molecule has 1 heteroatoms. The van der Waals surface area contributed by atoms with E-state index in [4.69, 9.17) is 0 Å². The van der Waals surface area contributed by atoms with Gasteiger partial charge in [-0.2, -0.15) is 0 Å². The molecule has 0 aliphatic rings. The van der Waals surface area contributed by atoms with E-state index in [1.54, 1.807) is 0 Å². The Morgan fingerprint density at radius 3 is 2.62 bits per heavy atom. The fraction of sp³-hybridized carbons (Fsp3) is 0.333.